The van der Waals surface area contributed by atoms with Crippen molar-refractivity contribution in [3.8, 4) is 0 Å². The van der Waals surface area contributed by atoms with E-state index in [2.05, 4.69) is 26.1 Å². The fourth-order valence-corrected chi connectivity index (χ4v) is 3.95. The lowest BCUT2D eigenvalue weighted by Gasteiger charge is -2.34. The minimum atomic E-state index is -0.536. The summed E-state index contributed by atoms with van der Waals surface area (Å²) in [6, 6.07) is 0. The smallest absolute Gasteiger partial charge is 0.326 e. The van der Waals surface area contributed by atoms with E-state index in [-0.39, 0.29) is 23.4 Å². The average molecular weight is 283 g/mol. The zero-order valence-corrected chi connectivity index (χ0v) is 13.3. The Labute approximate surface area is 122 Å². The molecular formula is C16H29NO3. The van der Waals surface area contributed by atoms with Crippen LogP contribution in [0.1, 0.15) is 53.4 Å². The third-order valence-electron chi connectivity index (χ3n) is 4.77. The Hall–Kier alpha value is -0.610. The van der Waals surface area contributed by atoms with Crippen molar-refractivity contribution in [1.82, 2.24) is 5.32 Å². The molecule has 1 heterocycles. The van der Waals surface area contributed by atoms with Crippen LogP contribution >= 0.6 is 0 Å². The molecule has 0 aromatic rings. The van der Waals surface area contributed by atoms with Crippen LogP contribution < -0.4 is 5.32 Å². The molecule has 2 aliphatic rings. The van der Waals surface area contributed by atoms with Crippen molar-refractivity contribution in [3.05, 3.63) is 0 Å². The van der Waals surface area contributed by atoms with Gasteiger partial charge in [0.25, 0.3) is 0 Å². The number of carbonyl (C=O) groups is 1. The lowest BCUT2D eigenvalue weighted by Crippen LogP contribution is -2.57. The molecule has 1 N–H and O–H groups in total. The predicted octanol–water partition coefficient (Wildman–Crippen LogP) is 2.51. The zero-order chi connectivity index (χ0) is 14.8. The molecule has 116 valence electrons. The molecule has 0 spiro atoms. The molecule has 20 heavy (non-hydrogen) atoms. The highest BCUT2D eigenvalue weighted by Crippen LogP contribution is 2.48. The summed E-state index contributed by atoms with van der Waals surface area (Å²) in [4.78, 5) is 12.5. The van der Waals surface area contributed by atoms with Crippen LogP contribution in [0.2, 0.25) is 0 Å². The van der Waals surface area contributed by atoms with Crippen LogP contribution in [0, 0.1) is 11.3 Å². The van der Waals surface area contributed by atoms with E-state index in [0.29, 0.717) is 6.61 Å². The van der Waals surface area contributed by atoms with E-state index in [0.717, 1.165) is 38.8 Å². The van der Waals surface area contributed by atoms with E-state index in [4.69, 9.17) is 9.47 Å². The third-order valence-corrected chi connectivity index (χ3v) is 4.77. The Bertz CT molecular complexity index is 350. The zero-order valence-electron chi connectivity index (χ0n) is 13.3. The molecule has 0 radical (unpaired) electrons. The van der Waals surface area contributed by atoms with Crippen LogP contribution in [0.3, 0.4) is 0 Å². The summed E-state index contributed by atoms with van der Waals surface area (Å²) >= 11 is 0. The van der Waals surface area contributed by atoms with E-state index in [1.807, 2.05) is 6.92 Å². The summed E-state index contributed by atoms with van der Waals surface area (Å²) in [5.74, 6) is 0.203. The summed E-state index contributed by atoms with van der Waals surface area (Å²) in [6.45, 7) is 10.5. The second-order valence-electron chi connectivity index (χ2n) is 7.15. The first-order valence-corrected chi connectivity index (χ1v) is 7.93. The average Bonchev–Trinajstić information content (AvgIpc) is 2.93. The summed E-state index contributed by atoms with van der Waals surface area (Å²) < 4.78 is 11.0. The Morgan fingerprint density at radius 3 is 2.70 bits per heavy atom. The number of carbonyl (C=O) groups excluding carboxylic acids is 1. The van der Waals surface area contributed by atoms with Crippen LogP contribution in [0.25, 0.3) is 0 Å². The van der Waals surface area contributed by atoms with Gasteiger partial charge in [0.05, 0.1) is 12.7 Å². The van der Waals surface area contributed by atoms with Crippen LogP contribution in [0.5, 0.6) is 0 Å². The lowest BCUT2D eigenvalue weighted by atomic mass is 9.86. The van der Waals surface area contributed by atoms with Gasteiger partial charge in [-0.15, -0.1) is 0 Å². The second-order valence-corrected chi connectivity index (χ2v) is 7.15. The molecule has 1 aliphatic carbocycles. The van der Waals surface area contributed by atoms with Crippen LogP contribution in [0.15, 0.2) is 0 Å². The molecule has 0 aromatic heterocycles. The number of nitrogens with one attached hydrogen (secondary N) is 1. The largest absolute Gasteiger partial charge is 0.465 e. The Morgan fingerprint density at radius 1 is 1.45 bits per heavy atom. The van der Waals surface area contributed by atoms with Crippen molar-refractivity contribution in [2.24, 2.45) is 11.3 Å². The Kier molecular flexibility index (Phi) is 4.75. The van der Waals surface area contributed by atoms with E-state index in [1.54, 1.807) is 0 Å². The van der Waals surface area contributed by atoms with Gasteiger partial charge in [-0.3, -0.25) is 10.1 Å². The van der Waals surface area contributed by atoms with Gasteiger partial charge in [0.2, 0.25) is 0 Å². The minimum Gasteiger partial charge on any atom is -0.465 e. The molecule has 4 nitrogen and oxygen atoms in total. The Balaban J connectivity index is 2.09. The van der Waals surface area contributed by atoms with Gasteiger partial charge < -0.3 is 9.47 Å². The molecule has 1 saturated carbocycles. The van der Waals surface area contributed by atoms with Crippen LogP contribution in [-0.4, -0.2) is 37.4 Å². The normalized spacial score (nSPS) is 36.2. The van der Waals surface area contributed by atoms with Gasteiger partial charge in [0.1, 0.15) is 5.54 Å². The SMILES string of the molecule is CCOC(=O)C1(NCC2CCCO2)CC(C)(C)CC1C. The maximum absolute atomic E-state index is 12.5. The topological polar surface area (TPSA) is 47.6 Å². The molecule has 2 rings (SSSR count). The molecular weight excluding hydrogens is 254 g/mol. The van der Waals surface area contributed by atoms with Crippen molar-refractivity contribution in [2.45, 2.75) is 65.0 Å². The molecule has 1 aliphatic heterocycles. The Morgan fingerprint density at radius 2 is 2.20 bits per heavy atom. The van der Waals surface area contributed by atoms with Crippen LogP contribution in [-0.2, 0) is 14.3 Å². The second kappa shape index (κ2) is 6.02. The maximum Gasteiger partial charge on any atom is 0.326 e. The molecule has 1 saturated heterocycles. The fraction of sp³-hybridized carbons (Fsp3) is 0.938. The lowest BCUT2D eigenvalue weighted by molar-refractivity contribution is -0.153. The monoisotopic (exact) mass is 283 g/mol. The van der Waals surface area contributed by atoms with Gasteiger partial charge in [0.15, 0.2) is 0 Å². The van der Waals surface area contributed by atoms with Crippen molar-refractivity contribution in [2.75, 3.05) is 19.8 Å². The van der Waals surface area contributed by atoms with Gasteiger partial charge in [-0.2, -0.15) is 0 Å². The number of esters is 1. The van der Waals surface area contributed by atoms with Gasteiger partial charge in [-0.25, -0.2) is 0 Å². The number of hydrogen-bond donors (Lipinski definition) is 1. The van der Waals surface area contributed by atoms with E-state index in [1.165, 1.54) is 0 Å². The summed E-state index contributed by atoms with van der Waals surface area (Å²) in [5.41, 5.74) is -0.360. The molecule has 3 atom stereocenters. The standard InChI is InChI=1S/C16H29NO3/c1-5-19-14(18)16(11-15(3,4)9-12(16)2)17-10-13-7-6-8-20-13/h12-13,17H,5-11H2,1-4H3. The first-order valence-electron chi connectivity index (χ1n) is 7.93. The van der Waals surface area contributed by atoms with Gasteiger partial charge in [0, 0.05) is 13.2 Å². The summed E-state index contributed by atoms with van der Waals surface area (Å²) in [6.07, 6.45) is 4.35. The molecule has 0 amide bonds. The van der Waals surface area contributed by atoms with E-state index in [9.17, 15) is 4.79 Å². The molecule has 3 unspecified atom stereocenters. The van der Waals surface area contributed by atoms with Crippen LogP contribution in [0.4, 0.5) is 0 Å². The number of rotatable bonds is 5. The quantitative estimate of drug-likeness (QED) is 0.788. The highest BCUT2D eigenvalue weighted by atomic mass is 16.5. The van der Waals surface area contributed by atoms with E-state index < -0.39 is 5.54 Å². The van der Waals surface area contributed by atoms with E-state index >= 15 is 0 Å². The minimum absolute atomic E-state index is 0.0870. The molecule has 0 aromatic carbocycles. The maximum atomic E-state index is 12.5. The summed E-state index contributed by atoms with van der Waals surface area (Å²) in [7, 11) is 0. The van der Waals surface area contributed by atoms with Crippen molar-refractivity contribution < 1.29 is 14.3 Å². The van der Waals surface area contributed by atoms with Gasteiger partial charge in [-0.05, 0) is 43.9 Å². The molecule has 4 heteroatoms. The fourth-order valence-electron chi connectivity index (χ4n) is 3.95. The highest BCUT2D eigenvalue weighted by Gasteiger charge is 2.54. The predicted molar refractivity (Wildman–Crippen MR) is 78.5 cm³/mol. The first-order chi connectivity index (χ1) is 9.39. The molecule has 2 fully saturated rings. The van der Waals surface area contributed by atoms with Crippen molar-refractivity contribution in [1.29, 1.82) is 0 Å². The van der Waals surface area contributed by atoms with Gasteiger partial charge >= 0.3 is 5.97 Å². The summed E-state index contributed by atoms with van der Waals surface area (Å²) in [5, 5.41) is 3.53. The van der Waals surface area contributed by atoms with Crippen molar-refractivity contribution in [3.63, 3.8) is 0 Å². The number of ether oxygens (including phenoxy) is 2. The van der Waals surface area contributed by atoms with Crippen molar-refractivity contribution >= 4 is 5.97 Å². The highest BCUT2D eigenvalue weighted by molar-refractivity contribution is 5.82. The third kappa shape index (κ3) is 3.17. The first kappa shape index (κ1) is 15.8. The molecule has 0 bridgehead atoms. The number of hydrogen-bond acceptors (Lipinski definition) is 4. The van der Waals surface area contributed by atoms with Gasteiger partial charge in [-0.1, -0.05) is 20.8 Å².